The molecule has 1 amide bonds. The molecule has 3 rings (SSSR count). The number of carbonyl (C=O) groups excluding carboxylic acids is 1. The SMILES string of the molecule is CC/C(=N\NC(=O)C1CC1c1ccccc1)c1ccccc1O. The predicted octanol–water partition coefficient (Wildman–Crippen LogP) is 3.43. The Bertz CT molecular complexity index is 725. The Labute approximate surface area is 135 Å². The molecule has 0 heterocycles. The largest absolute Gasteiger partial charge is 0.507 e. The maximum absolute atomic E-state index is 12.2. The van der Waals surface area contributed by atoms with Crippen LogP contribution in [0, 0.1) is 5.92 Å². The van der Waals surface area contributed by atoms with Crippen molar-refractivity contribution in [1.29, 1.82) is 0 Å². The van der Waals surface area contributed by atoms with Crippen LogP contribution < -0.4 is 5.43 Å². The van der Waals surface area contributed by atoms with E-state index in [0.717, 1.165) is 6.42 Å². The summed E-state index contributed by atoms with van der Waals surface area (Å²) in [6.45, 7) is 1.95. The standard InChI is InChI=1S/C19H20N2O2/c1-2-17(14-10-6-7-11-18(14)22)20-21-19(23)16-12-15(16)13-8-4-3-5-9-13/h3-11,15-16,22H,2,12H2,1H3,(H,21,23)/b20-17+. The average molecular weight is 308 g/mol. The molecule has 2 aromatic rings. The third-order valence-corrected chi connectivity index (χ3v) is 4.21. The second kappa shape index (κ2) is 6.65. The van der Waals surface area contributed by atoms with E-state index in [0.29, 0.717) is 23.6 Å². The number of hydrogen-bond donors (Lipinski definition) is 2. The maximum atomic E-state index is 12.2. The van der Waals surface area contributed by atoms with Gasteiger partial charge in [-0.05, 0) is 36.5 Å². The van der Waals surface area contributed by atoms with Crippen LogP contribution in [-0.2, 0) is 4.79 Å². The molecule has 0 aromatic heterocycles. The van der Waals surface area contributed by atoms with Gasteiger partial charge in [-0.25, -0.2) is 5.43 Å². The van der Waals surface area contributed by atoms with Crippen LogP contribution in [-0.4, -0.2) is 16.7 Å². The molecule has 0 radical (unpaired) electrons. The van der Waals surface area contributed by atoms with Gasteiger partial charge in [0.05, 0.1) is 5.71 Å². The van der Waals surface area contributed by atoms with Gasteiger partial charge in [-0.3, -0.25) is 4.79 Å². The second-order valence-corrected chi connectivity index (χ2v) is 5.76. The van der Waals surface area contributed by atoms with Crippen LogP contribution in [0.5, 0.6) is 5.75 Å². The number of phenols is 1. The maximum Gasteiger partial charge on any atom is 0.243 e. The summed E-state index contributed by atoms with van der Waals surface area (Å²) in [7, 11) is 0. The van der Waals surface area contributed by atoms with E-state index in [1.165, 1.54) is 5.56 Å². The normalized spacial score (nSPS) is 20.1. The average Bonchev–Trinajstić information content (AvgIpc) is 3.38. The van der Waals surface area contributed by atoms with E-state index < -0.39 is 0 Å². The molecule has 0 aliphatic heterocycles. The number of nitrogens with one attached hydrogen (secondary N) is 1. The van der Waals surface area contributed by atoms with Crippen molar-refractivity contribution in [3.8, 4) is 5.75 Å². The zero-order valence-corrected chi connectivity index (χ0v) is 13.1. The van der Waals surface area contributed by atoms with Gasteiger partial charge in [0.25, 0.3) is 0 Å². The Morgan fingerprint density at radius 1 is 1.17 bits per heavy atom. The van der Waals surface area contributed by atoms with E-state index in [9.17, 15) is 9.90 Å². The van der Waals surface area contributed by atoms with E-state index in [-0.39, 0.29) is 17.6 Å². The van der Waals surface area contributed by atoms with Crippen LogP contribution in [0.4, 0.5) is 0 Å². The molecule has 2 aromatic carbocycles. The number of aromatic hydroxyl groups is 1. The minimum Gasteiger partial charge on any atom is -0.507 e. The molecule has 118 valence electrons. The summed E-state index contributed by atoms with van der Waals surface area (Å²) in [5.74, 6) is 0.404. The number of hydrazone groups is 1. The lowest BCUT2D eigenvalue weighted by Crippen LogP contribution is -2.22. The first kappa shape index (κ1) is 15.3. The van der Waals surface area contributed by atoms with E-state index >= 15 is 0 Å². The van der Waals surface area contributed by atoms with E-state index in [1.807, 2.05) is 31.2 Å². The van der Waals surface area contributed by atoms with Crippen LogP contribution >= 0.6 is 0 Å². The highest BCUT2D eigenvalue weighted by Crippen LogP contribution is 2.47. The quantitative estimate of drug-likeness (QED) is 0.656. The molecule has 1 aliphatic rings. The van der Waals surface area contributed by atoms with Crippen molar-refractivity contribution in [1.82, 2.24) is 5.43 Å². The molecule has 0 bridgehead atoms. The van der Waals surface area contributed by atoms with Crippen LogP contribution in [0.3, 0.4) is 0 Å². The van der Waals surface area contributed by atoms with E-state index in [2.05, 4.69) is 22.7 Å². The lowest BCUT2D eigenvalue weighted by Gasteiger charge is -2.07. The fourth-order valence-electron chi connectivity index (χ4n) is 2.81. The molecule has 2 unspecified atom stereocenters. The minimum absolute atomic E-state index is 0.0105. The molecule has 23 heavy (non-hydrogen) atoms. The second-order valence-electron chi connectivity index (χ2n) is 5.76. The minimum atomic E-state index is -0.0553. The summed E-state index contributed by atoms with van der Waals surface area (Å²) in [6.07, 6.45) is 1.49. The first-order valence-corrected chi connectivity index (χ1v) is 7.90. The van der Waals surface area contributed by atoms with Crippen molar-refractivity contribution < 1.29 is 9.90 Å². The summed E-state index contributed by atoms with van der Waals surface area (Å²) >= 11 is 0. The van der Waals surface area contributed by atoms with E-state index in [4.69, 9.17) is 0 Å². The monoisotopic (exact) mass is 308 g/mol. The first-order valence-electron chi connectivity index (χ1n) is 7.90. The van der Waals surface area contributed by atoms with Gasteiger partial charge in [0.15, 0.2) is 0 Å². The predicted molar refractivity (Wildman–Crippen MR) is 90.4 cm³/mol. The molecule has 2 N–H and O–H groups in total. The lowest BCUT2D eigenvalue weighted by molar-refractivity contribution is -0.122. The van der Waals surface area contributed by atoms with Crippen molar-refractivity contribution >= 4 is 11.6 Å². The molecule has 0 saturated heterocycles. The molecular formula is C19H20N2O2. The van der Waals surface area contributed by atoms with Crippen molar-refractivity contribution in [2.24, 2.45) is 11.0 Å². The van der Waals surface area contributed by atoms with Gasteiger partial charge in [-0.1, -0.05) is 49.4 Å². The Morgan fingerprint density at radius 3 is 2.57 bits per heavy atom. The molecule has 4 heteroatoms. The molecule has 1 fully saturated rings. The summed E-state index contributed by atoms with van der Waals surface area (Å²) in [4.78, 5) is 12.2. The highest BCUT2D eigenvalue weighted by atomic mass is 16.3. The van der Waals surface area contributed by atoms with Gasteiger partial charge in [0.1, 0.15) is 5.75 Å². The molecule has 1 saturated carbocycles. The Hall–Kier alpha value is -2.62. The van der Waals surface area contributed by atoms with Crippen LogP contribution in [0.15, 0.2) is 59.7 Å². The molecule has 4 nitrogen and oxygen atoms in total. The van der Waals surface area contributed by atoms with Gasteiger partial charge in [-0.2, -0.15) is 5.10 Å². The number of phenolic OH excluding ortho intramolecular Hbond substituents is 1. The molecule has 2 atom stereocenters. The van der Waals surface area contributed by atoms with Gasteiger partial charge in [-0.15, -0.1) is 0 Å². The Balaban J connectivity index is 1.65. The van der Waals surface area contributed by atoms with Crippen molar-refractivity contribution in [3.05, 3.63) is 65.7 Å². The third kappa shape index (κ3) is 3.42. The fraction of sp³-hybridized carbons (Fsp3) is 0.263. The number of hydrogen-bond acceptors (Lipinski definition) is 3. The summed E-state index contributed by atoms with van der Waals surface area (Å²) < 4.78 is 0. The highest BCUT2D eigenvalue weighted by Gasteiger charge is 2.43. The third-order valence-electron chi connectivity index (χ3n) is 4.21. The van der Waals surface area contributed by atoms with Gasteiger partial charge in [0, 0.05) is 11.5 Å². The van der Waals surface area contributed by atoms with E-state index in [1.54, 1.807) is 18.2 Å². The van der Waals surface area contributed by atoms with Crippen LogP contribution in [0.2, 0.25) is 0 Å². The topological polar surface area (TPSA) is 61.7 Å². The summed E-state index contributed by atoms with van der Waals surface area (Å²) in [5.41, 5.74) is 5.19. The van der Waals surface area contributed by atoms with Crippen molar-refractivity contribution in [2.75, 3.05) is 0 Å². The number of rotatable bonds is 5. The van der Waals surface area contributed by atoms with Crippen molar-refractivity contribution in [3.63, 3.8) is 0 Å². The number of amides is 1. The molecule has 1 aliphatic carbocycles. The lowest BCUT2D eigenvalue weighted by atomic mass is 10.1. The summed E-state index contributed by atoms with van der Waals surface area (Å²) in [6, 6.07) is 17.1. The Kier molecular flexibility index (Phi) is 4.42. The van der Waals surface area contributed by atoms with Crippen molar-refractivity contribution in [2.45, 2.75) is 25.7 Å². The molecule has 0 spiro atoms. The zero-order chi connectivity index (χ0) is 16.2. The van der Waals surface area contributed by atoms with Gasteiger partial charge < -0.3 is 5.11 Å². The first-order chi connectivity index (χ1) is 11.2. The highest BCUT2D eigenvalue weighted by molar-refractivity contribution is 6.03. The Morgan fingerprint density at radius 2 is 1.87 bits per heavy atom. The van der Waals surface area contributed by atoms with Gasteiger partial charge >= 0.3 is 0 Å². The summed E-state index contributed by atoms with van der Waals surface area (Å²) in [5, 5.41) is 14.1. The zero-order valence-electron chi connectivity index (χ0n) is 13.1. The van der Waals surface area contributed by atoms with Gasteiger partial charge in [0.2, 0.25) is 5.91 Å². The molecular weight excluding hydrogens is 288 g/mol. The van der Waals surface area contributed by atoms with Crippen LogP contribution in [0.25, 0.3) is 0 Å². The smallest absolute Gasteiger partial charge is 0.243 e. The number of para-hydroxylation sites is 1. The fourth-order valence-corrected chi connectivity index (χ4v) is 2.81. The number of nitrogens with zero attached hydrogens (tertiary/aromatic N) is 1. The number of benzene rings is 2. The van der Waals surface area contributed by atoms with Crippen LogP contribution in [0.1, 0.15) is 36.8 Å². The number of carbonyl (C=O) groups is 1.